The van der Waals surface area contributed by atoms with E-state index in [1.807, 2.05) is 26.0 Å². The first kappa shape index (κ1) is 23.0. The van der Waals surface area contributed by atoms with Crippen LogP contribution in [0.2, 0.25) is 5.02 Å². The minimum Gasteiger partial charge on any atom is -0.384 e. The van der Waals surface area contributed by atoms with E-state index in [4.69, 9.17) is 17.3 Å². The van der Waals surface area contributed by atoms with E-state index in [9.17, 15) is 20.2 Å². The van der Waals surface area contributed by atoms with Gasteiger partial charge in [-0.15, -0.1) is 11.3 Å². The minimum absolute atomic E-state index is 0.0269. The van der Waals surface area contributed by atoms with E-state index in [0.29, 0.717) is 29.8 Å². The summed E-state index contributed by atoms with van der Waals surface area (Å²) in [6.07, 6.45) is 1.76. The maximum absolute atomic E-state index is 13.5. The molecule has 1 aliphatic heterocycles. The van der Waals surface area contributed by atoms with Crippen molar-refractivity contribution >= 4 is 40.1 Å². The van der Waals surface area contributed by atoms with E-state index >= 15 is 0 Å². The molecule has 170 valence electrons. The molecule has 0 bridgehead atoms. The molecule has 0 fully saturated rings. The molecule has 1 unspecified atom stereocenters. The molecule has 0 saturated carbocycles. The number of nitro groups is 1. The Labute approximate surface area is 200 Å². The van der Waals surface area contributed by atoms with E-state index in [0.717, 1.165) is 16.2 Å². The molecular weight excluding hydrogens is 460 g/mol. The van der Waals surface area contributed by atoms with Gasteiger partial charge < -0.3 is 5.73 Å². The molecule has 0 radical (unpaired) electrons. The average molecular weight is 483 g/mol. The van der Waals surface area contributed by atoms with Gasteiger partial charge in [0.25, 0.3) is 5.69 Å². The first-order valence-corrected chi connectivity index (χ1v) is 11.8. The van der Waals surface area contributed by atoms with Gasteiger partial charge >= 0.3 is 0 Å². The van der Waals surface area contributed by atoms with Crippen LogP contribution in [0, 0.1) is 26.9 Å². The molecule has 0 saturated heterocycles. The van der Waals surface area contributed by atoms with Crippen molar-refractivity contribution < 1.29 is 9.72 Å². The molecule has 7 nitrogen and oxygen atoms in total. The third-order valence-electron chi connectivity index (χ3n) is 6.08. The van der Waals surface area contributed by atoms with Crippen LogP contribution in [0.3, 0.4) is 0 Å². The van der Waals surface area contributed by atoms with Crippen molar-refractivity contribution in [3.05, 3.63) is 77.9 Å². The van der Waals surface area contributed by atoms with Gasteiger partial charge in [0.05, 0.1) is 33.2 Å². The number of nitrogens with zero attached hydrogens (tertiary/aromatic N) is 3. The van der Waals surface area contributed by atoms with Crippen LogP contribution >= 0.6 is 22.9 Å². The number of ketones is 1. The number of halogens is 1. The highest BCUT2D eigenvalue weighted by Gasteiger charge is 2.45. The molecule has 0 amide bonds. The van der Waals surface area contributed by atoms with Crippen LogP contribution in [-0.2, 0) is 11.2 Å². The number of allylic oxidation sites excluding steroid dienone is 3. The van der Waals surface area contributed by atoms with E-state index in [1.165, 1.54) is 18.2 Å². The quantitative estimate of drug-likeness (QED) is 0.434. The van der Waals surface area contributed by atoms with Crippen molar-refractivity contribution in [2.45, 2.75) is 46.0 Å². The van der Waals surface area contributed by atoms with Gasteiger partial charge in [-0.25, -0.2) is 0 Å². The third-order valence-corrected chi connectivity index (χ3v) is 7.68. The predicted octanol–water partition coefficient (Wildman–Crippen LogP) is 5.81. The number of hydrogen-bond acceptors (Lipinski definition) is 7. The lowest BCUT2D eigenvalue weighted by Gasteiger charge is -2.43. The third kappa shape index (κ3) is 3.92. The fourth-order valence-corrected chi connectivity index (χ4v) is 5.93. The van der Waals surface area contributed by atoms with Crippen LogP contribution in [-0.4, -0.2) is 10.7 Å². The fraction of sp³-hybridized carbons (Fsp3) is 0.333. The second-order valence-electron chi connectivity index (χ2n) is 9.03. The molecule has 2 aliphatic rings. The molecule has 0 spiro atoms. The van der Waals surface area contributed by atoms with Crippen molar-refractivity contribution in [1.29, 1.82) is 5.26 Å². The number of nitriles is 1. The van der Waals surface area contributed by atoms with Crippen molar-refractivity contribution in [3.8, 4) is 6.07 Å². The van der Waals surface area contributed by atoms with Crippen molar-refractivity contribution in [3.63, 3.8) is 0 Å². The summed E-state index contributed by atoms with van der Waals surface area (Å²) in [5.41, 5.74) is 8.05. The Bertz CT molecular complexity index is 1280. The predicted molar refractivity (Wildman–Crippen MR) is 129 cm³/mol. The van der Waals surface area contributed by atoms with Crippen LogP contribution in [0.5, 0.6) is 0 Å². The van der Waals surface area contributed by atoms with Gasteiger partial charge in [-0.1, -0.05) is 32.4 Å². The first-order valence-electron chi connectivity index (χ1n) is 10.6. The highest BCUT2D eigenvalue weighted by Crippen LogP contribution is 2.52. The van der Waals surface area contributed by atoms with Gasteiger partial charge in [-0.05, 0) is 36.5 Å². The molecule has 1 aliphatic carbocycles. The smallest absolute Gasteiger partial charge is 0.271 e. The Morgan fingerprint density at radius 3 is 2.64 bits per heavy atom. The molecule has 2 heterocycles. The second kappa shape index (κ2) is 8.32. The SMILES string of the molecule is CCc1ccc(C2C(C#N)=C(N)N(c3ccc([N+](=O)[O-])cc3Cl)C3=C2C(=O)CC(C)(C)C3)s1. The topological polar surface area (TPSA) is 113 Å². The Morgan fingerprint density at radius 2 is 2.06 bits per heavy atom. The number of hydrogen-bond donors (Lipinski definition) is 1. The van der Waals surface area contributed by atoms with Crippen LogP contribution in [0.4, 0.5) is 11.4 Å². The number of anilines is 1. The van der Waals surface area contributed by atoms with Gasteiger partial charge in [0.1, 0.15) is 5.82 Å². The Hall–Kier alpha value is -3.15. The van der Waals surface area contributed by atoms with Gasteiger partial charge in [0.15, 0.2) is 5.78 Å². The number of benzene rings is 1. The summed E-state index contributed by atoms with van der Waals surface area (Å²) < 4.78 is 0. The molecule has 33 heavy (non-hydrogen) atoms. The number of carbonyl (C=O) groups is 1. The van der Waals surface area contributed by atoms with E-state index in [-0.39, 0.29) is 33.3 Å². The van der Waals surface area contributed by atoms with Crippen LogP contribution in [0.15, 0.2) is 53.0 Å². The summed E-state index contributed by atoms with van der Waals surface area (Å²) in [6.45, 7) is 6.09. The lowest BCUT2D eigenvalue weighted by molar-refractivity contribution is -0.384. The highest BCUT2D eigenvalue weighted by atomic mass is 35.5. The number of rotatable bonds is 4. The largest absolute Gasteiger partial charge is 0.384 e. The second-order valence-corrected chi connectivity index (χ2v) is 10.6. The number of nitrogens with two attached hydrogens (primary N) is 1. The van der Waals surface area contributed by atoms with Crippen molar-refractivity contribution in [1.82, 2.24) is 0 Å². The highest BCUT2D eigenvalue weighted by molar-refractivity contribution is 7.12. The van der Waals surface area contributed by atoms with Gasteiger partial charge in [-0.2, -0.15) is 5.26 Å². The summed E-state index contributed by atoms with van der Waals surface area (Å²) in [5, 5.41) is 21.4. The Kier molecular flexibility index (Phi) is 5.81. The van der Waals surface area contributed by atoms with Crippen molar-refractivity contribution in [2.75, 3.05) is 4.90 Å². The fourth-order valence-electron chi connectivity index (χ4n) is 4.60. The molecule has 2 N–H and O–H groups in total. The summed E-state index contributed by atoms with van der Waals surface area (Å²) >= 11 is 8.04. The number of carbonyl (C=O) groups excluding carboxylic acids is 1. The molecule has 2 aromatic rings. The maximum atomic E-state index is 13.5. The van der Waals surface area contributed by atoms with Gasteiger partial charge in [-0.3, -0.25) is 19.8 Å². The number of aryl methyl sites for hydroxylation is 1. The zero-order valence-electron chi connectivity index (χ0n) is 18.5. The number of thiophene rings is 1. The first-order chi connectivity index (χ1) is 15.6. The zero-order valence-corrected chi connectivity index (χ0v) is 20.1. The maximum Gasteiger partial charge on any atom is 0.271 e. The summed E-state index contributed by atoms with van der Waals surface area (Å²) in [7, 11) is 0. The molecular formula is C24H23ClN4O3S. The summed E-state index contributed by atoms with van der Waals surface area (Å²) in [5.74, 6) is -0.373. The summed E-state index contributed by atoms with van der Waals surface area (Å²) in [4.78, 5) is 27.9. The van der Waals surface area contributed by atoms with Gasteiger partial charge in [0.2, 0.25) is 0 Å². The van der Waals surface area contributed by atoms with E-state index in [2.05, 4.69) is 13.0 Å². The van der Waals surface area contributed by atoms with Crippen LogP contribution in [0.1, 0.15) is 49.3 Å². The number of Topliss-reactive ketones (excluding diaryl/α,β-unsaturated/α-hetero) is 1. The standard InChI is InChI=1S/C24H23ClN4O3S/c1-4-14-6-8-20(33-14)21-15(12-26)23(27)28(17-7-5-13(29(31)32)9-16(17)25)18-10-24(2,3)11-19(30)22(18)21/h5-9,21H,4,10-11,27H2,1-3H3. The van der Waals surface area contributed by atoms with Crippen LogP contribution < -0.4 is 10.6 Å². The average Bonchev–Trinajstić information content (AvgIpc) is 3.21. The monoisotopic (exact) mass is 482 g/mol. The van der Waals surface area contributed by atoms with Crippen LogP contribution in [0.25, 0.3) is 0 Å². The Morgan fingerprint density at radius 1 is 1.33 bits per heavy atom. The van der Waals surface area contributed by atoms with E-state index in [1.54, 1.807) is 16.2 Å². The van der Waals surface area contributed by atoms with E-state index < -0.39 is 10.8 Å². The molecule has 4 rings (SSSR count). The minimum atomic E-state index is -0.535. The van der Waals surface area contributed by atoms with Gasteiger partial charge in [0, 0.05) is 39.6 Å². The molecule has 9 heteroatoms. The van der Waals surface area contributed by atoms with Crippen molar-refractivity contribution in [2.24, 2.45) is 11.1 Å². The zero-order chi connectivity index (χ0) is 24.1. The lowest BCUT2D eigenvalue weighted by atomic mass is 9.69. The number of nitro benzene ring substituents is 1. The normalized spacial score (nSPS) is 20.0. The Balaban J connectivity index is 1.98. The molecule has 1 atom stereocenters. The number of non-ortho nitro benzene ring substituents is 1. The molecule has 1 aromatic carbocycles. The lowest BCUT2D eigenvalue weighted by Crippen LogP contribution is -2.42. The molecule has 1 aromatic heterocycles. The summed E-state index contributed by atoms with van der Waals surface area (Å²) in [6, 6.07) is 10.3.